The number of hydrazine groups is 1. The molecule has 4 heteroatoms. The van der Waals surface area contributed by atoms with E-state index in [0.29, 0.717) is 0 Å². The second-order valence-electron chi connectivity index (χ2n) is 2.72. The van der Waals surface area contributed by atoms with Gasteiger partial charge in [0.1, 0.15) is 0 Å². The minimum Gasteiger partial charge on any atom is -0.340 e. The van der Waals surface area contributed by atoms with Gasteiger partial charge in [-0.1, -0.05) is 0 Å². The van der Waals surface area contributed by atoms with Crippen LogP contribution in [-0.4, -0.2) is 49.0 Å². The first-order valence-electron chi connectivity index (χ1n) is 3.92. The third-order valence-electron chi connectivity index (χ3n) is 2.04. The summed E-state index contributed by atoms with van der Waals surface area (Å²) in [5.41, 5.74) is 3.06. The van der Waals surface area contributed by atoms with Crippen molar-refractivity contribution in [1.82, 2.24) is 15.3 Å². The van der Waals surface area contributed by atoms with Crippen molar-refractivity contribution in [2.24, 2.45) is 0 Å². The van der Waals surface area contributed by atoms with Crippen LogP contribution in [0.1, 0.15) is 6.92 Å². The summed E-state index contributed by atoms with van der Waals surface area (Å²) in [6.45, 7) is 5.16. The highest BCUT2D eigenvalue weighted by atomic mass is 16.2. The van der Waals surface area contributed by atoms with Crippen LogP contribution in [0.3, 0.4) is 0 Å². The molecule has 1 amide bonds. The molecule has 0 saturated carbocycles. The third-order valence-corrected chi connectivity index (χ3v) is 2.04. The zero-order chi connectivity index (χ0) is 8.27. The first kappa shape index (κ1) is 8.49. The Morgan fingerprint density at radius 2 is 1.82 bits per heavy atom. The van der Waals surface area contributed by atoms with Gasteiger partial charge in [0.2, 0.25) is 5.91 Å². The van der Waals surface area contributed by atoms with Gasteiger partial charge in [-0.3, -0.25) is 10.2 Å². The number of carbonyl (C=O) groups excluding carboxylic acids is 1. The molecule has 0 atom stereocenters. The molecular formula is C7H15N3O. The fourth-order valence-corrected chi connectivity index (χ4v) is 1.24. The molecule has 0 unspecified atom stereocenters. The number of piperazine rings is 1. The summed E-state index contributed by atoms with van der Waals surface area (Å²) in [7, 11) is 1.91. The molecule has 1 fully saturated rings. The molecule has 1 aliphatic rings. The Hall–Kier alpha value is -0.610. The fraction of sp³-hybridized carbons (Fsp3) is 0.857. The first-order chi connectivity index (χ1) is 5.24. The van der Waals surface area contributed by atoms with Crippen molar-refractivity contribution in [3.63, 3.8) is 0 Å². The van der Waals surface area contributed by atoms with Gasteiger partial charge in [0.25, 0.3) is 0 Å². The average Bonchev–Trinajstić information content (AvgIpc) is 2.05. The van der Waals surface area contributed by atoms with Crippen LogP contribution in [0, 0.1) is 0 Å². The summed E-state index contributed by atoms with van der Waals surface area (Å²) in [6, 6.07) is 0. The number of carbonyl (C=O) groups is 1. The Balaban J connectivity index is 2.30. The lowest BCUT2D eigenvalue weighted by molar-refractivity contribution is -0.130. The van der Waals surface area contributed by atoms with Crippen LogP contribution in [0.25, 0.3) is 0 Å². The van der Waals surface area contributed by atoms with Crippen LogP contribution in [0.15, 0.2) is 0 Å². The summed E-state index contributed by atoms with van der Waals surface area (Å²) >= 11 is 0. The van der Waals surface area contributed by atoms with Gasteiger partial charge in [0.05, 0.1) is 0 Å². The van der Waals surface area contributed by atoms with Crippen LogP contribution < -0.4 is 5.43 Å². The minimum atomic E-state index is 0.181. The molecule has 0 spiro atoms. The Labute approximate surface area is 67.1 Å². The normalized spacial score (nSPS) is 20.4. The molecule has 64 valence electrons. The number of rotatable bonds is 1. The van der Waals surface area contributed by atoms with Crippen LogP contribution in [0.2, 0.25) is 0 Å². The zero-order valence-corrected chi connectivity index (χ0v) is 7.13. The van der Waals surface area contributed by atoms with Crippen molar-refractivity contribution < 1.29 is 4.79 Å². The van der Waals surface area contributed by atoms with E-state index >= 15 is 0 Å². The number of hydrogen-bond donors (Lipinski definition) is 1. The van der Waals surface area contributed by atoms with Gasteiger partial charge in [0, 0.05) is 33.1 Å². The van der Waals surface area contributed by atoms with Gasteiger partial charge in [-0.15, -0.1) is 0 Å². The van der Waals surface area contributed by atoms with Crippen LogP contribution in [-0.2, 0) is 4.79 Å². The van der Waals surface area contributed by atoms with Gasteiger partial charge in [-0.25, -0.2) is 5.01 Å². The topological polar surface area (TPSA) is 35.6 Å². The molecule has 0 aromatic rings. The molecule has 0 aromatic heterocycles. The molecule has 0 bridgehead atoms. The maximum absolute atomic E-state index is 10.9. The Kier molecular flexibility index (Phi) is 2.84. The molecule has 11 heavy (non-hydrogen) atoms. The van der Waals surface area contributed by atoms with Crippen molar-refractivity contribution >= 4 is 5.91 Å². The summed E-state index contributed by atoms with van der Waals surface area (Å²) < 4.78 is 0. The number of nitrogens with one attached hydrogen (secondary N) is 1. The molecule has 1 N–H and O–H groups in total. The van der Waals surface area contributed by atoms with E-state index in [2.05, 4.69) is 10.4 Å². The molecule has 0 aromatic carbocycles. The van der Waals surface area contributed by atoms with Crippen molar-refractivity contribution in [2.75, 3.05) is 33.2 Å². The summed E-state index contributed by atoms with van der Waals surface area (Å²) in [6.07, 6.45) is 0. The summed E-state index contributed by atoms with van der Waals surface area (Å²) in [5, 5.41) is 2.11. The van der Waals surface area contributed by atoms with E-state index < -0.39 is 0 Å². The highest BCUT2D eigenvalue weighted by Gasteiger charge is 2.16. The number of amides is 1. The molecule has 0 radical (unpaired) electrons. The van der Waals surface area contributed by atoms with Gasteiger partial charge in [-0.2, -0.15) is 0 Å². The SMILES string of the molecule is CNN1CCN(C(C)=O)CC1. The van der Waals surface area contributed by atoms with Crippen LogP contribution in [0.5, 0.6) is 0 Å². The van der Waals surface area contributed by atoms with E-state index in [1.165, 1.54) is 0 Å². The largest absolute Gasteiger partial charge is 0.340 e. The Bertz CT molecular complexity index is 141. The maximum Gasteiger partial charge on any atom is 0.219 e. The standard InChI is InChI=1S/C7H15N3O/c1-7(11)9-3-5-10(8-2)6-4-9/h8H,3-6H2,1-2H3. The Morgan fingerprint density at radius 3 is 2.18 bits per heavy atom. The highest BCUT2D eigenvalue weighted by molar-refractivity contribution is 5.73. The second-order valence-corrected chi connectivity index (χ2v) is 2.72. The minimum absolute atomic E-state index is 0.181. The van der Waals surface area contributed by atoms with E-state index in [0.717, 1.165) is 26.2 Å². The number of hydrogen-bond acceptors (Lipinski definition) is 3. The molecule has 1 rings (SSSR count). The van der Waals surface area contributed by atoms with Gasteiger partial charge >= 0.3 is 0 Å². The average molecular weight is 157 g/mol. The first-order valence-corrected chi connectivity index (χ1v) is 3.92. The molecular weight excluding hydrogens is 142 g/mol. The van der Waals surface area contributed by atoms with Gasteiger partial charge in [-0.05, 0) is 7.05 Å². The third kappa shape index (κ3) is 2.17. The van der Waals surface area contributed by atoms with Gasteiger partial charge in [0.15, 0.2) is 0 Å². The van der Waals surface area contributed by atoms with Crippen LogP contribution in [0.4, 0.5) is 0 Å². The monoisotopic (exact) mass is 157 g/mol. The van der Waals surface area contributed by atoms with E-state index in [1.54, 1.807) is 6.92 Å². The van der Waals surface area contributed by atoms with E-state index in [9.17, 15) is 4.79 Å². The van der Waals surface area contributed by atoms with Crippen molar-refractivity contribution in [3.05, 3.63) is 0 Å². The van der Waals surface area contributed by atoms with Gasteiger partial charge < -0.3 is 4.90 Å². The van der Waals surface area contributed by atoms with Crippen LogP contribution >= 0.6 is 0 Å². The predicted octanol–water partition coefficient (Wildman–Crippen LogP) is -0.715. The quantitative estimate of drug-likeness (QED) is 0.546. The second kappa shape index (κ2) is 3.69. The molecule has 0 aliphatic carbocycles. The maximum atomic E-state index is 10.9. The fourth-order valence-electron chi connectivity index (χ4n) is 1.24. The number of nitrogens with zero attached hydrogens (tertiary/aromatic N) is 2. The van der Waals surface area contributed by atoms with Crippen molar-refractivity contribution in [1.29, 1.82) is 0 Å². The highest BCUT2D eigenvalue weighted by Crippen LogP contribution is 1.97. The lowest BCUT2D eigenvalue weighted by Gasteiger charge is -2.33. The Morgan fingerprint density at radius 1 is 1.27 bits per heavy atom. The predicted molar refractivity (Wildman–Crippen MR) is 42.9 cm³/mol. The molecule has 1 saturated heterocycles. The molecule has 4 nitrogen and oxygen atoms in total. The van der Waals surface area contributed by atoms with E-state index in [4.69, 9.17) is 0 Å². The summed E-state index contributed by atoms with van der Waals surface area (Å²) in [4.78, 5) is 12.7. The smallest absolute Gasteiger partial charge is 0.219 e. The lowest BCUT2D eigenvalue weighted by atomic mass is 10.3. The van der Waals surface area contributed by atoms with E-state index in [1.807, 2.05) is 11.9 Å². The van der Waals surface area contributed by atoms with Crippen molar-refractivity contribution in [2.45, 2.75) is 6.92 Å². The zero-order valence-electron chi connectivity index (χ0n) is 7.13. The van der Waals surface area contributed by atoms with E-state index in [-0.39, 0.29) is 5.91 Å². The molecule has 1 aliphatic heterocycles. The van der Waals surface area contributed by atoms with Crippen molar-refractivity contribution in [3.8, 4) is 0 Å². The summed E-state index contributed by atoms with van der Waals surface area (Å²) in [5.74, 6) is 0.181. The molecule has 1 heterocycles. The lowest BCUT2D eigenvalue weighted by Crippen LogP contribution is -2.51.